The molecule has 1 aliphatic heterocycles. The van der Waals surface area contributed by atoms with E-state index in [1.807, 2.05) is 24.3 Å². The van der Waals surface area contributed by atoms with Gasteiger partial charge in [-0.15, -0.1) is 0 Å². The van der Waals surface area contributed by atoms with E-state index in [4.69, 9.17) is 4.98 Å². The number of benzene rings is 2. The molecule has 0 fully saturated rings. The molecule has 1 aliphatic carbocycles. The van der Waals surface area contributed by atoms with E-state index in [0.29, 0.717) is 5.57 Å². The molecule has 1 atom stereocenters. The summed E-state index contributed by atoms with van der Waals surface area (Å²) < 4.78 is 0. The van der Waals surface area contributed by atoms with Crippen LogP contribution < -0.4 is 16.2 Å². The first-order valence-corrected chi connectivity index (χ1v) is 10.0. The molecule has 2 aromatic heterocycles. The third-order valence-corrected chi connectivity index (χ3v) is 5.68. The lowest BCUT2D eigenvalue weighted by Crippen LogP contribution is -2.32. The Morgan fingerprint density at radius 1 is 0.968 bits per heavy atom. The van der Waals surface area contributed by atoms with Crippen LogP contribution in [0.15, 0.2) is 85.0 Å². The lowest BCUT2D eigenvalue weighted by Gasteiger charge is -2.18. The van der Waals surface area contributed by atoms with Gasteiger partial charge in [-0.2, -0.15) is 0 Å². The van der Waals surface area contributed by atoms with E-state index in [0.717, 1.165) is 44.7 Å². The molecule has 0 saturated heterocycles. The zero-order valence-electron chi connectivity index (χ0n) is 16.4. The number of H-pyrrole nitrogens is 1. The van der Waals surface area contributed by atoms with Crippen molar-refractivity contribution in [2.75, 3.05) is 0 Å². The zero-order chi connectivity index (χ0) is 20.8. The molecule has 0 radical (unpaired) electrons. The number of hydrazine groups is 1. The SMILES string of the molecule is O=C(NC1c2ccccc2-c2c(-c3nc4ccncc4[nH]3)cccc21)C1=CNNC=C1. The predicted molar refractivity (Wildman–Crippen MR) is 118 cm³/mol. The van der Waals surface area contributed by atoms with Crippen LogP contribution >= 0.6 is 0 Å². The molecule has 1 amide bonds. The zero-order valence-corrected chi connectivity index (χ0v) is 16.4. The van der Waals surface area contributed by atoms with Gasteiger partial charge < -0.3 is 21.2 Å². The van der Waals surface area contributed by atoms with E-state index in [2.05, 4.69) is 50.4 Å². The molecular weight excluding hydrogens is 388 g/mol. The van der Waals surface area contributed by atoms with Gasteiger partial charge in [-0.3, -0.25) is 9.78 Å². The summed E-state index contributed by atoms with van der Waals surface area (Å²) in [5.74, 6) is 0.646. The van der Waals surface area contributed by atoms with E-state index in [9.17, 15) is 4.79 Å². The third-order valence-electron chi connectivity index (χ3n) is 5.68. The van der Waals surface area contributed by atoms with Gasteiger partial charge >= 0.3 is 0 Å². The Kier molecular flexibility index (Phi) is 3.86. The second kappa shape index (κ2) is 6.84. The third kappa shape index (κ3) is 2.78. The standard InChI is InChI=1S/C24H18N6O/c31-24(14-8-11-26-27-12-14)30-22-16-5-2-1-4-15(16)21-17(22)6-3-7-18(21)23-28-19-9-10-25-13-20(19)29-23/h1-13,22,26-27H,(H,28,29)(H,30,31). The first-order valence-electron chi connectivity index (χ1n) is 10.0. The molecule has 150 valence electrons. The average Bonchev–Trinajstić information content (AvgIpc) is 3.39. The smallest absolute Gasteiger partial charge is 0.253 e. The molecule has 0 saturated carbocycles. The average molecular weight is 406 g/mol. The molecule has 4 aromatic rings. The highest BCUT2D eigenvalue weighted by molar-refractivity contribution is 5.98. The van der Waals surface area contributed by atoms with Crippen LogP contribution in [0.2, 0.25) is 0 Å². The van der Waals surface area contributed by atoms with Crippen molar-refractivity contribution in [1.82, 2.24) is 31.1 Å². The number of carbonyl (C=O) groups excluding carboxylic acids is 1. The highest BCUT2D eigenvalue weighted by Crippen LogP contribution is 2.47. The number of pyridine rings is 1. The van der Waals surface area contributed by atoms with Crippen LogP contribution in [0.3, 0.4) is 0 Å². The van der Waals surface area contributed by atoms with Gasteiger partial charge in [-0.05, 0) is 34.4 Å². The summed E-state index contributed by atoms with van der Waals surface area (Å²) in [5.41, 5.74) is 13.3. The quantitative estimate of drug-likeness (QED) is 0.419. The molecule has 3 heterocycles. The fourth-order valence-corrected chi connectivity index (χ4v) is 4.30. The minimum atomic E-state index is -0.242. The molecule has 2 aromatic carbocycles. The predicted octanol–water partition coefficient (Wildman–Crippen LogP) is 3.32. The van der Waals surface area contributed by atoms with E-state index in [-0.39, 0.29) is 11.9 Å². The highest BCUT2D eigenvalue weighted by atomic mass is 16.1. The molecular formula is C24H18N6O. The Balaban J connectivity index is 1.48. The van der Waals surface area contributed by atoms with Crippen LogP contribution in [0, 0.1) is 0 Å². The number of amides is 1. The number of nitrogens with one attached hydrogen (secondary N) is 4. The lowest BCUT2D eigenvalue weighted by atomic mass is 9.98. The fraction of sp³-hybridized carbons (Fsp3) is 0.0417. The maximum Gasteiger partial charge on any atom is 0.253 e. The Morgan fingerprint density at radius 2 is 1.84 bits per heavy atom. The summed E-state index contributed by atoms with van der Waals surface area (Å²) in [4.78, 5) is 25.3. The number of aromatic nitrogens is 3. The van der Waals surface area contributed by atoms with E-state index in [1.54, 1.807) is 30.9 Å². The van der Waals surface area contributed by atoms with Crippen LogP contribution in [0.25, 0.3) is 33.5 Å². The first-order chi connectivity index (χ1) is 15.3. The summed E-state index contributed by atoms with van der Waals surface area (Å²) in [6.07, 6.45) is 8.60. The van der Waals surface area contributed by atoms with Crippen molar-refractivity contribution in [3.63, 3.8) is 0 Å². The second-order valence-corrected chi connectivity index (χ2v) is 7.46. The van der Waals surface area contributed by atoms with Crippen molar-refractivity contribution in [1.29, 1.82) is 0 Å². The number of imidazole rings is 1. The number of nitrogens with zero attached hydrogens (tertiary/aromatic N) is 2. The molecule has 7 nitrogen and oxygen atoms in total. The van der Waals surface area contributed by atoms with Gasteiger partial charge in [0, 0.05) is 24.2 Å². The summed E-state index contributed by atoms with van der Waals surface area (Å²) in [7, 11) is 0. The van der Waals surface area contributed by atoms with Gasteiger partial charge in [-0.1, -0.05) is 42.5 Å². The van der Waals surface area contributed by atoms with Crippen LogP contribution in [-0.2, 0) is 4.79 Å². The number of aromatic amines is 1. The Labute approximate surface area is 177 Å². The van der Waals surface area contributed by atoms with Crippen LogP contribution in [-0.4, -0.2) is 20.9 Å². The topological polar surface area (TPSA) is 94.7 Å². The molecule has 4 N–H and O–H groups in total. The normalized spacial score (nSPS) is 16.1. The molecule has 0 bridgehead atoms. The first kappa shape index (κ1) is 17.5. The number of hydrogen-bond donors (Lipinski definition) is 4. The molecule has 1 unspecified atom stereocenters. The van der Waals surface area contributed by atoms with Crippen molar-refractivity contribution in [2.45, 2.75) is 6.04 Å². The van der Waals surface area contributed by atoms with E-state index < -0.39 is 0 Å². The van der Waals surface area contributed by atoms with Gasteiger partial charge in [0.25, 0.3) is 5.91 Å². The van der Waals surface area contributed by atoms with Crippen molar-refractivity contribution in [2.24, 2.45) is 0 Å². The fourth-order valence-electron chi connectivity index (χ4n) is 4.30. The second-order valence-electron chi connectivity index (χ2n) is 7.46. The number of hydrogen-bond acceptors (Lipinski definition) is 5. The van der Waals surface area contributed by atoms with Gasteiger partial charge in [0.05, 0.1) is 28.8 Å². The van der Waals surface area contributed by atoms with Crippen molar-refractivity contribution in [3.05, 3.63) is 96.1 Å². The molecule has 0 spiro atoms. The number of fused-ring (bicyclic) bond motifs is 4. The minimum Gasteiger partial charge on any atom is -0.341 e. The molecule has 2 aliphatic rings. The van der Waals surface area contributed by atoms with Crippen LogP contribution in [0.5, 0.6) is 0 Å². The van der Waals surface area contributed by atoms with Crippen molar-refractivity contribution < 1.29 is 4.79 Å². The Hall–Kier alpha value is -4.39. The minimum absolute atomic E-state index is 0.141. The Bertz CT molecular complexity index is 1370. The maximum absolute atomic E-state index is 12.9. The molecule has 31 heavy (non-hydrogen) atoms. The number of rotatable bonds is 3. The van der Waals surface area contributed by atoms with Gasteiger partial charge in [0.15, 0.2) is 0 Å². The van der Waals surface area contributed by atoms with Crippen LogP contribution in [0.1, 0.15) is 17.2 Å². The lowest BCUT2D eigenvalue weighted by molar-refractivity contribution is -0.117. The summed E-state index contributed by atoms with van der Waals surface area (Å²) in [5, 5.41) is 3.20. The number of carbonyl (C=O) groups is 1. The maximum atomic E-state index is 12.9. The summed E-state index contributed by atoms with van der Waals surface area (Å²) in [6, 6.07) is 16.0. The summed E-state index contributed by atoms with van der Waals surface area (Å²) >= 11 is 0. The van der Waals surface area contributed by atoms with Gasteiger partial charge in [0.1, 0.15) is 5.82 Å². The van der Waals surface area contributed by atoms with E-state index >= 15 is 0 Å². The molecule has 6 rings (SSSR count). The van der Waals surface area contributed by atoms with Crippen LogP contribution in [0.4, 0.5) is 0 Å². The van der Waals surface area contributed by atoms with E-state index in [1.165, 1.54) is 0 Å². The molecule has 7 heteroatoms. The van der Waals surface area contributed by atoms with Crippen molar-refractivity contribution >= 4 is 16.9 Å². The van der Waals surface area contributed by atoms with Gasteiger partial charge in [-0.25, -0.2) is 4.98 Å². The summed E-state index contributed by atoms with van der Waals surface area (Å²) in [6.45, 7) is 0. The van der Waals surface area contributed by atoms with Gasteiger partial charge in [0.2, 0.25) is 0 Å². The van der Waals surface area contributed by atoms with Crippen molar-refractivity contribution in [3.8, 4) is 22.5 Å². The highest BCUT2D eigenvalue weighted by Gasteiger charge is 2.32. The Morgan fingerprint density at radius 3 is 2.71 bits per heavy atom. The largest absolute Gasteiger partial charge is 0.341 e. The monoisotopic (exact) mass is 406 g/mol.